The molecule has 3 aromatic rings. The first-order chi connectivity index (χ1) is 16.2. The maximum atomic E-state index is 14.9. The van der Waals surface area contributed by atoms with Crippen molar-refractivity contribution in [3.05, 3.63) is 83.2 Å². The van der Waals surface area contributed by atoms with Gasteiger partial charge >= 0.3 is 5.38 Å². The first-order valence-electron chi connectivity index (χ1n) is 11.6. The van der Waals surface area contributed by atoms with Crippen molar-refractivity contribution in [1.82, 2.24) is 0 Å². The van der Waals surface area contributed by atoms with Gasteiger partial charge in [0.25, 0.3) is 0 Å². The van der Waals surface area contributed by atoms with Gasteiger partial charge in [-0.15, -0.1) is 0 Å². The fourth-order valence-corrected chi connectivity index (χ4v) is 5.25. The largest absolute Gasteiger partial charge is 0.353 e. The van der Waals surface area contributed by atoms with Crippen molar-refractivity contribution in [3.63, 3.8) is 0 Å². The Hall–Kier alpha value is -2.40. The molecular weight excluding hydrogens is 467 g/mol. The van der Waals surface area contributed by atoms with Gasteiger partial charge in [-0.05, 0) is 89.6 Å². The van der Waals surface area contributed by atoms with Gasteiger partial charge in [0, 0.05) is 5.56 Å². The topological polar surface area (TPSA) is 0 Å². The molecule has 6 heteroatoms. The van der Waals surface area contributed by atoms with Crippen molar-refractivity contribution < 1.29 is 22.0 Å². The molecule has 34 heavy (non-hydrogen) atoms. The normalized spacial score (nSPS) is 18.8. The van der Waals surface area contributed by atoms with Crippen LogP contribution in [0.15, 0.2) is 54.6 Å². The Labute approximate surface area is 201 Å². The van der Waals surface area contributed by atoms with Crippen molar-refractivity contribution in [1.29, 1.82) is 0 Å². The minimum atomic E-state index is -4.20. The lowest BCUT2D eigenvalue weighted by atomic mass is 9.77. The van der Waals surface area contributed by atoms with E-state index in [1.807, 2.05) is 12.1 Å². The van der Waals surface area contributed by atoms with Crippen molar-refractivity contribution in [3.8, 4) is 22.3 Å². The molecule has 0 atom stereocenters. The van der Waals surface area contributed by atoms with Crippen LogP contribution in [-0.4, -0.2) is 0 Å². The summed E-state index contributed by atoms with van der Waals surface area (Å²) in [7, 11) is 0. The van der Waals surface area contributed by atoms with E-state index >= 15 is 0 Å². The summed E-state index contributed by atoms with van der Waals surface area (Å²) in [6.45, 7) is 2.23. The number of halogens is 6. The molecule has 1 saturated carbocycles. The van der Waals surface area contributed by atoms with Crippen LogP contribution in [0.5, 0.6) is 0 Å². The van der Waals surface area contributed by atoms with E-state index in [-0.39, 0.29) is 11.1 Å². The number of alkyl halides is 3. The zero-order valence-electron chi connectivity index (χ0n) is 18.9. The molecule has 0 aliphatic heterocycles. The summed E-state index contributed by atoms with van der Waals surface area (Å²) in [5.41, 5.74) is 0.906. The average Bonchev–Trinajstić information content (AvgIpc) is 2.78. The van der Waals surface area contributed by atoms with Crippen molar-refractivity contribution >= 4 is 11.6 Å². The lowest BCUT2D eigenvalue weighted by Gasteiger charge is -2.28. The Morgan fingerprint density at radius 1 is 0.765 bits per heavy atom. The first-order valence-corrected chi connectivity index (χ1v) is 12.0. The number of hydrogen-bond donors (Lipinski definition) is 0. The van der Waals surface area contributed by atoms with Crippen LogP contribution < -0.4 is 0 Å². The highest BCUT2D eigenvalue weighted by molar-refractivity contribution is 6.21. The molecule has 0 radical (unpaired) electrons. The van der Waals surface area contributed by atoms with Crippen LogP contribution in [-0.2, 0) is 5.38 Å². The molecule has 0 amide bonds. The van der Waals surface area contributed by atoms with E-state index in [2.05, 4.69) is 19.1 Å². The zero-order chi connectivity index (χ0) is 24.5. The van der Waals surface area contributed by atoms with Gasteiger partial charge in [0.05, 0.1) is 0 Å². The summed E-state index contributed by atoms with van der Waals surface area (Å²) in [5, 5.41) is -4.20. The van der Waals surface area contributed by atoms with Gasteiger partial charge in [0.2, 0.25) is 0 Å². The van der Waals surface area contributed by atoms with Crippen LogP contribution in [0.25, 0.3) is 22.3 Å². The predicted octanol–water partition coefficient (Wildman–Crippen LogP) is 9.80. The van der Waals surface area contributed by atoms with E-state index in [1.54, 1.807) is 6.07 Å². The summed E-state index contributed by atoms with van der Waals surface area (Å²) >= 11 is 4.78. The van der Waals surface area contributed by atoms with E-state index in [0.29, 0.717) is 23.6 Å². The van der Waals surface area contributed by atoms with Crippen LogP contribution in [0.1, 0.15) is 62.5 Å². The van der Waals surface area contributed by atoms with E-state index in [4.69, 9.17) is 11.6 Å². The Balaban J connectivity index is 1.53. The second-order valence-electron chi connectivity index (χ2n) is 9.14. The zero-order valence-corrected chi connectivity index (χ0v) is 19.6. The lowest BCUT2D eigenvalue weighted by Crippen LogP contribution is -2.13. The molecule has 1 fully saturated rings. The molecule has 0 saturated heterocycles. The van der Waals surface area contributed by atoms with E-state index in [9.17, 15) is 22.0 Å². The van der Waals surface area contributed by atoms with Gasteiger partial charge in [-0.3, -0.25) is 0 Å². The molecule has 3 aromatic carbocycles. The van der Waals surface area contributed by atoms with Crippen LogP contribution in [0.4, 0.5) is 22.0 Å². The summed E-state index contributed by atoms with van der Waals surface area (Å²) < 4.78 is 69.5. The Morgan fingerprint density at radius 2 is 1.32 bits per heavy atom. The predicted molar refractivity (Wildman–Crippen MR) is 127 cm³/mol. The Kier molecular flexibility index (Phi) is 7.32. The minimum Gasteiger partial charge on any atom is -0.206 e. The monoisotopic (exact) mass is 492 g/mol. The summed E-state index contributed by atoms with van der Waals surface area (Å²) in [5.74, 6) is -2.38. The van der Waals surface area contributed by atoms with Gasteiger partial charge in [-0.2, -0.15) is 8.78 Å². The van der Waals surface area contributed by atoms with Crippen LogP contribution in [0, 0.1) is 23.4 Å². The van der Waals surface area contributed by atoms with E-state index < -0.39 is 28.4 Å². The van der Waals surface area contributed by atoms with Gasteiger partial charge in [-0.25, -0.2) is 13.2 Å². The average molecular weight is 493 g/mol. The number of rotatable bonds is 6. The molecular formula is C28H26ClF5. The smallest absolute Gasteiger partial charge is 0.206 e. The molecule has 0 aromatic heterocycles. The van der Waals surface area contributed by atoms with E-state index in [1.165, 1.54) is 56.2 Å². The van der Waals surface area contributed by atoms with Gasteiger partial charge < -0.3 is 0 Å². The maximum absolute atomic E-state index is 14.9. The maximum Gasteiger partial charge on any atom is 0.353 e. The fourth-order valence-electron chi connectivity index (χ4n) is 5.07. The first kappa shape index (κ1) is 24.7. The minimum absolute atomic E-state index is 0.0913. The molecule has 180 valence electrons. The third kappa shape index (κ3) is 5.30. The molecule has 1 aliphatic carbocycles. The molecule has 0 nitrogen and oxygen atoms in total. The molecule has 0 bridgehead atoms. The third-order valence-electron chi connectivity index (χ3n) is 6.86. The molecule has 0 N–H and O–H groups in total. The van der Waals surface area contributed by atoms with Crippen LogP contribution in [0.2, 0.25) is 0 Å². The molecule has 4 rings (SSSR count). The van der Waals surface area contributed by atoms with Crippen molar-refractivity contribution in [2.45, 2.75) is 56.7 Å². The van der Waals surface area contributed by atoms with Gasteiger partial charge in [0.15, 0.2) is 0 Å². The molecule has 0 unspecified atom stereocenters. The Morgan fingerprint density at radius 3 is 1.85 bits per heavy atom. The number of hydrogen-bond acceptors (Lipinski definition) is 0. The standard InChI is InChI=1S/C28H26ClF5/c1-2-3-17-4-6-18(7-5-17)19-8-10-20(11-9-19)21-12-13-23(24(30)14-21)22-15-25(31)27(26(32)16-22)28(29,33)34/h8-18H,2-7H2,1H3. The van der Waals surface area contributed by atoms with Gasteiger partial charge in [0.1, 0.15) is 23.0 Å². The van der Waals surface area contributed by atoms with Crippen molar-refractivity contribution in [2.24, 2.45) is 5.92 Å². The quantitative estimate of drug-likeness (QED) is 0.237. The fraction of sp³-hybridized carbons (Fsp3) is 0.357. The SMILES string of the molecule is CCCC1CCC(c2ccc(-c3ccc(-c4cc(F)c(C(F)(F)Cl)c(F)c4)c(F)c3)cc2)CC1. The third-order valence-corrected chi connectivity index (χ3v) is 7.05. The number of benzene rings is 3. The Bertz CT molecular complexity index is 1120. The molecule has 1 aliphatic rings. The molecule has 0 heterocycles. The lowest BCUT2D eigenvalue weighted by molar-refractivity contribution is 0.0859. The summed E-state index contributed by atoms with van der Waals surface area (Å²) in [4.78, 5) is 0. The second-order valence-corrected chi connectivity index (χ2v) is 9.61. The highest BCUT2D eigenvalue weighted by Gasteiger charge is 2.35. The summed E-state index contributed by atoms with van der Waals surface area (Å²) in [6.07, 6.45) is 7.44. The van der Waals surface area contributed by atoms with Crippen LogP contribution >= 0.6 is 11.6 Å². The highest BCUT2D eigenvalue weighted by Crippen LogP contribution is 2.40. The van der Waals surface area contributed by atoms with E-state index in [0.717, 1.165) is 11.5 Å². The highest BCUT2D eigenvalue weighted by atomic mass is 35.5. The van der Waals surface area contributed by atoms with Crippen molar-refractivity contribution in [2.75, 3.05) is 0 Å². The summed E-state index contributed by atoms with van der Waals surface area (Å²) in [6, 6.07) is 13.7. The van der Waals surface area contributed by atoms with Gasteiger partial charge in [-0.1, -0.05) is 56.2 Å². The second kappa shape index (κ2) is 10.1. The molecule has 0 spiro atoms. The van der Waals surface area contributed by atoms with Crippen LogP contribution in [0.3, 0.4) is 0 Å².